The van der Waals surface area contributed by atoms with Gasteiger partial charge in [0.05, 0.1) is 26.3 Å². The fraction of sp³-hybridized carbons (Fsp3) is 0.286. The molecule has 21 heavy (non-hydrogen) atoms. The minimum atomic E-state index is -0.416. The fourth-order valence-electron chi connectivity index (χ4n) is 1.67. The molecular formula is C14H15FN2O3S. The van der Waals surface area contributed by atoms with Crippen LogP contribution in [0.3, 0.4) is 0 Å². The van der Waals surface area contributed by atoms with Crippen LogP contribution in [0, 0.1) is 5.82 Å². The maximum atomic E-state index is 13.3. The Morgan fingerprint density at radius 2 is 2.24 bits per heavy atom. The van der Waals surface area contributed by atoms with Crippen molar-refractivity contribution >= 4 is 28.1 Å². The number of rotatable bonds is 6. The maximum absolute atomic E-state index is 13.3. The van der Waals surface area contributed by atoms with Crippen LogP contribution < -0.4 is 10.1 Å². The van der Waals surface area contributed by atoms with E-state index in [1.165, 1.54) is 31.6 Å². The Hall–Kier alpha value is -2.15. The predicted molar refractivity (Wildman–Crippen MR) is 78.7 cm³/mol. The summed E-state index contributed by atoms with van der Waals surface area (Å²) in [6.07, 6.45) is 0.821. The number of halogens is 1. The summed E-state index contributed by atoms with van der Waals surface area (Å²) in [6.45, 7) is 0. The third-order valence-corrected chi connectivity index (χ3v) is 3.57. The molecule has 1 N–H and O–H groups in total. The van der Waals surface area contributed by atoms with E-state index < -0.39 is 5.82 Å². The van der Waals surface area contributed by atoms with Gasteiger partial charge in [-0.3, -0.25) is 4.79 Å². The van der Waals surface area contributed by atoms with Gasteiger partial charge in [-0.1, -0.05) is 0 Å². The zero-order chi connectivity index (χ0) is 15.2. The lowest BCUT2D eigenvalue weighted by atomic mass is 10.2. The second-order valence-corrected chi connectivity index (χ2v) is 5.05. The van der Waals surface area contributed by atoms with E-state index in [2.05, 4.69) is 15.0 Å². The van der Waals surface area contributed by atoms with Gasteiger partial charge >= 0.3 is 5.97 Å². The van der Waals surface area contributed by atoms with Crippen molar-refractivity contribution in [3.8, 4) is 5.75 Å². The zero-order valence-corrected chi connectivity index (χ0v) is 12.5. The van der Waals surface area contributed by atoms with E-state index in [4.69, 9.17) is 4.74 Å². The van der Waals surface area contributed by atoms with E-state index >= 15 is 0 Å². The highest BCUT2D eigenvalue weighted by Gasteiger charge is 2.08. The summed E-state index contributed by atoms with van der Waals surface area (Å²) >= 11 is 1.41. The predicted octanol–water partition coefficient (Wildman–Crippen LogP) is 3.14. The molecule has 112 valence electrons. The van der Waals surface area contributed by atoms with Gasteiger partial charge in [0, 0.05) is 23.6 Å². The van der Waals surface area contributed by atoms with Gasteiger partial charge in [-0.05, 0) is 12.1 Å². The minimum absolute atomic E-state index is 0.169. The third-order valence-electron chi connectivity index (χ3n) is 2.77. The molecule has 0 bridgehead atoms. The lowest BCUT2D eigenvalue weighted by molar-refractivity contribution is -0.140. The number of nitrogens with one attached hydrogen (secondary N) is 1. The van der Waals surface area contributed by atoms with Gasteiger partial charge in [0.25, 0.3) is 0 Å². The second kappa shape index (κ2) is 7.03. The molecule has 0 aliphatic rings. The summed E-state index contributed by atoms with van der Waals surface area (Å²) in [7, 11) is 2.77. The first-order valence-corrected chi connectivity index (χ1v) is 7.12. The van der Waals surface area contributed by atoms with Crippen LogP contribution in [0.2, 0.25) is 0 Å². The highest BCUT2D eigenvalue weighted by molar-refractivity contribution is 7.13. The van der Waals surface area contributed by atoms with Crippen LogP contribution in [-0.2, 0) is 16.0 Å². The molecule has 1 aromatic heterocycles. The van der Waals surface area contributed by atoms with Crippen LogP contribution in [0.15, 0.2) is 23.6 Å². The molecule has 0 atom stereocenters. The van der Waals surface area contributed by atoms with E-state index in [0.717, 1.165) is 5.69 Å². The Bertz CT molecular complexity index is 630. The summed E-state index contributed by atoms with van der Waals surface area (Å²) in [5, 5.41) is 5.61. The first-order valence-electron chi connectivity index (χ1n) is 6.24. The van der Waals surface area contributed by atoms with Crippen molar-refractivity contribution < 1.29 is 18.7 Å². The molecule has 7 heteroatoms. The zero-order valence-electron chi connectivity index (χ0n) is 11.7. The van der Waals surface area contributed by atoms with E-state index in [0.29, 0.717) is 23.7 Å². The Kier molecular flexibility index (Phi) is 5.10. The molecule has 0 amide bonds. The number of nitrogens with zero attached hydrogens (tertiary/aromatic N) is 1. The number of hydrogen-bond donors (Lipinski definition) is 1. The Morgan fingerprint density at radius 3 is 2.95 bits per heavy atom. The highest BCUT2D eigenvalue weighted by atomic mass is 32.1. The van der Waals surface area contributed by atoms with Crippen LogP contribution in [0.25, 0.3) is 0 Å². The molecule has 1 heterocycles. The quantitative estimate of drug-likeness (QED) is 0.831. The molecule has 0 saturated heterocycles. The normalized spacial score (nSPS) is 10.2. The van der Waals surface area contributed by atoms with Crippen LogP contribution >= 0.6 is 11.3 Å². The topological polar surface area (TPSA) is 60.5 Å². The van der Waals surface area contributed by atoms with Crippen LogP contribution in [0.1, 0.15) is 12.1 Å². The van der Waals surface area contributed by atoms with Gasteiger partial charge < -0.3 is 14.8 Å². The number of esters is 1. The van der Waals surface area contributed by atoms with Gasteiger partial charge in [0.1, 0.15) is 0 Å². The molecule has 1 aromatic carbocycles. The van der Waals surface area contributed by atoms with Gasteiger partial charge in [0.15, 0.2) is 16.7 Å². The number of thiazole rings is 1. The lowest BCUT2D eigenvalue weighted by Gasteiger charge is -2.06. The average Bonchev–Trinajstić information content (AvgIpc) is 2.94. The largest absolute Gasteiger partial charge is 0.494 e. The molecule has 0 saturated carbocycles. The second-order valence-electron chi connectivity index (χ2n) is 4.19. The molecule has 5 nitrogen and oxygen atoms in total. The number of ether oxygens (including phenoxy) is 2. The van der Waals surface area contributed by atoms with Gasteiger partial charge in [-0.2, -0.15) is 0 Å². The number of carbonyl (C=O) groups excluding carboxylic acids is 1. The summed E-state index contributed by atoms with van der Waals surface area (Å²) in [5.41, 5.74) is 1.49. The molecule has 0 fully saturated rings. The number of aryl methyl sites for hydroxylation is 1. The Labute approximate surface area is 125 Å². The van der Waals surface area contributed by atoms with Crippen LogP contribution in [0.5, 0.6) is 5.75 Å². The van der Waals surface area contributed by atoms with E-state index in [1.54, 1.807) is 12.1 Å². The first-order chi connectivity index (χ1) is 10.1. The minimum Gasteiger partial charge on any atom is -0.494 e. The molecule has 0 aliphatic carbocycles. The van der Waals surface area contributed by atoms with E-state index in [-0.39, 0.29) is 11.7 Å². The number of benzene rings is 1. The van der Waals surface area contributed by atoms with Crippen LogP contribution in [0.4, 0.5) is 15.2 Å². The summed E-state index contributed by atoms with van der Waals surface area (Å²) in [5.74, 6) is -0.510. The summed E-state index contributed by atoms with van der Waals surface area (Å²) in [6, 6.07) is 4.49. The monoisotopic (exact) mass is 310 g/mol. The number of methoxy groups -OCH3 is 2. The molecule has 0 spiro atoms. The van der Waals surface area contributed by atoms with Gasteiger partial charge in [-0.15, -0.1) is 11.3 Å². The Morgan fingerprint density at radius 1 is 1.43 bits per heavy atom. The maximum Gasteiger partial charge on any atom is 0.305 e. The fourth-order valence-corrected chi connectivity index (χ4v) is 2.44. The molecule has 2 aromatic rings. The number of carbonyl (C=O) groups is 1. The molecule has 0 unspecified atom stereocenters. The van der Waals surface area contributed by atoms with Crippen LogP contribution in [-0.4, -0.2) is 25.2 Å². The molecule has 0 radical (unpaired) electrons. The highest BCUT2D eigenvalue weighted by Crippen LogP contribution is 2.26. The molecule has 0 aliphatic heterocycles. The van der Waals surface area contributed by atoms with Crippen molar-refractivity contribution in [1.82, 2.24) is 4.98 Å². The first kappa shape index (κ1) is 15.2. The van der Waals surface area contributed by atoms with Crippen molar-refractivity contribution in [3.05, 3.63) is 35.1 Å². The number of aromatic nitrogens is 1. The van der Waals surface area contributed by atoms with Crippen molar-refractivity contribution in [3.63, 3.8) is 0 Å². The lowest BCUT2D eigenvalue weighted by Crippen LogP contribution is -2.02. The van der Waals surface area contributed by atoms with Crippen molar-refractivity contribution in [2.75, 3.05) is 19.5 Å². The standard InChI is InChI=1S/C14H15FN2O3S/c1-19-12-7-9(3-5-11(12)15)16-14-17-10(8-21-14)4-6-13(18)20-2/h3,5,7-8H,4,6H2,1-2H3,(H,16,17). The van der Waals surface area contributed by atoms with Gasteiger partial charge in [0.2, 0.25) is 0 Å². The number of hydrogen-bond acceptors (Lipinski definition) is 6. The van der Waals surface area contributed by atoms with E-state index in [1.807, 2.05) is 5.38 Å². The smallest absolute Gasteiger partial charge is 0.305 e. The van der Waals surface area contributed by atoms with E-state index in [9.17, 15) is 9.18 Å². The molecule has 2 rings (SSSR count). The van der Waals surface area contributed by atoms with Crippen molar-refractivity contribution in [1.29, 1.82) is 0 Å². The van der Waals surface area contributed by atoms with Crippen molar-refractivity contribution in [2.45, 2.75) is 12.8 Å². The SMILES string of the molecule is COC(=O)CCc1csc(Nc2ccc(F)c(OC)c2)n1. The summed E-state index contributed by atoms with van der Waals surface area (Å²) < 4.78 is 22.8. The Balaban J connectivity index is 2.00. The summed E-state index contributed by atoms with van der Waals surface area (Å²) in [4.78, 5) is 15.4. The third kappa shape index (κ3) is 4.16. The van der Waals surface area contributed by atoms with Gasteiger partial charge in [-0.25, -0.2) is 9.37 Å². The number of anilines is 2. The molecular weight excluding hydrogens is 295 g/mol. The average molecular weight is 310 g/mol. The van der Waals surface area contributed by atoms with Crippen molar-refractivity contribution in [2.24, 2.45) is 0 Å².